The number of nitrogens with one attached hydrogen (secondary N) is 4. The molecule has 4 atom stereocenters. The highest BCUT2D eigenvalue weighted by Crippen LogP contribution is 2.48. The van der Waals surface area contributed by atoms with Gasteiger partial charge in [0.05, 0.1) is 24.8 Å². The number of aromatic nitrogens is 3. The van der Waals surface area contributed by atoms with Crippen molar-refractivity contribution in [3.63, 3.8) is 0 Å². The molecule has 2 aliphatic heterocycles. The van der Waals surface area contributed by atoms with Crippen molar-refractivity contribution in [3.8, 4) is 0 Å². The highest BCUT2D eigenvalue weighted by atomic mass is 16.5. The molecule has 8 bridgehead atoms. The summed E-state index contributed by atoms with van der Waals surface area (Å²) in [7, 11) is 1.29. The number of fused-ring (bicyclic) bond motifs is 7. The minimum absolute atomic E-state index is 0.114. The summed E-state index contributed by atoms with van der Waals surface area (Å²) in [4.78, 5) is 63.8. The maximum absolute atomic E-state index is 14.3. The Morgan fingerprint density at radius 1 is 0.981 bits per heavy atom. The zero-order valence-electron chi connectivity index (χ0n) is 31.3. The molecule has 0 radical (unpaired) electrons. The van der Waals surface area contributed by atoms with E-state index in [9.17, 15) is 19.2 Å². The van der Waals surface area contributed by atoms with Crippen molar-refractivity contribution in [3.05, 3.63) is 84.8 Å². The quantitative estimate of drug-likeness (QED) is 0.102. The number of hydrogen-bond donors (Lipinski definition) is 4. The van der Waals surface area contributed by atoms with Gasteiger partial charge in [-0.05, 0) is 73.9 Å². The number of allylic oxidation sites excluding steroid dienone is 2. The van der Waals surface area contributed by atoms with Crippen molar-refractivity contribution in [2.75, 3.05) is 13.7 Å². The number of ether oxygens (including phenoxy) is 2. The van der Waals surface area contributed by atoms with Crippen LogP contribution in [0.25, 0.3) is 29.9 Å². The first-order chi connectivity index (χ1) is 25.0. The van der Waals surface area contributed by atoms with Crippen LogP contribution in [0.15, 0.2) is 18.0 Å². The zero-order valence-corrected chi connectivity index (χ0v) is 31.3. The lowest BCUT2D eigenvalue weighted by atomic mass is 9.85. The van der Waals surface area contributed by atoms with Crippen LogP contribution in [0.1, 0.15) is 126 Å². The van der Waals surface area contributed by atoms with Crippen LogP contribution in [0, 0.1) is 37.5 Å². The van der Waals surface area contributed by atoms with E-state index in [0.717, 1.165) is 64.7 Å². The van der Waals surface area contributed by atoms with Crippen molar-refractivity contribution in [1.82, 2.24) is 20.3 Å². The Labute approximate surface area is 304 Å². The standard InChI is InChI=1S/C42H50N4O6/c1-9-12-21(4)15-16-52-35(48)14-13-27-23(6)30-17-29-22(5)25(10-2)32(43-29)19-34-28(20-47)26(11-3)33(44-34)18-31-24(7)36-40(46-31)37(39(27)45-30)38(41(36)49)42(50)51-8/h10,17-21,23,27,38,43-46H,2,9,11-16H2,1,3-8H3/b30-17-,33-18-,34-19-,39-37-/t21?,23-,27-,38+/m0/s1. The molecular formula is C42H50N4O6. The molecule has 3 aromatic rings. The first-order valence-corrected chi connectivity index (χ1v) is 18.4. The molecule has 5 heterocycles. The van der Waals surface area contributed by atoms with E-state index in [1.165, 1.54) is 7.11 Å². The topological polar surface area (TPSA) is 146 Å². The molecule has 0 amide bonds. The van der Waals surface area contributed by atoms with Crippen molar-refractivity contribution < 1.29 is 28.7 Å². The second kappa shape index (κ2) is 14.9. The van der Waals surface area contributed by atoms with Gasteiger partial charge in [0.25, 0.3) is 0 Å². The van der Waals surface area contributed by atoms with Crippen molar-refractivity contribution in [2.24, 2.45) is 23.7 Å². The summed E-state index contributed by atoms with van der Waals surface area (Å²) >= 11 is 0. The van der Waals surface area contributed by atoms with Crippen LogP contribution >= 0.6 is 0 Å². The largest absolute Gasteiger partial charge is 0.468 e. The highest BCUT2D eigenvalue weighted by molar-refractivity contribution is 6.24. The lowest BCUT2D eigenvalue weighted by Gasteiger charge is -2.20. The number of carbonyl (C=O) groups is 4. The van der Waals surface area contributed by atoms with Crippen LogP contribution in [-0.2, 0) is 25.5 Å². The summed E-state index contributed by atoms with van der Waals surface area (Å²) in [6, 6.07) is 0. The van der Waals surface area contributed by atoms with E-state index in [1.807, 2.05) is 39.0 Å². The number of aromatic amines is 3. The predicted octanol–water partition coefficient (Wildman–Crippen LogP) is 6.02. The van der Waals surface area contributed by atoms with Gasteiger partial charge in [-0.15, -0.1) is 0 Å². The molecular weight excluding hydrogens is 656 g/mol. The molecule has 1 saturated heterocycles. The Kier molecular flexibility index (Phi) is 10.5. The number of methoxy groups -OCH3 is 1. The van der Waals surface area contributed by atoms with Gasteiger partial charge in [-0.25, -0.2) is 0 Å². The third-order valence-corrected chi connectivity index (χ3v) is 11.3. The van der Waals surface area contributed by atoms with Crippen LogP contribution < -0.4 is 16.0 Å². The van der Waals surface area contributed by atoms with E-state index in [-0.39, 0.29) is 30.0 Å². The molecule has 6 rings (SSSR count). The summed E-state index contributed by atoms with van der Waals surface area (Å²) in [6.07, 6.45) is 12.8. The number of ketones is 1. The van der Waals surface area contributed by atoms with Gasteiger partial charge >= 0.3 is 11.9 Å². The lowest BCUT2D eigenvalue weighted by molar-refractivity contribution is -0.144. The fourth-order valence-corrected chi connectivity index (χ4v) is 8.30. The van der Waals surface area contributed by atoms with Crippen LogP contribution in [-0.4, -0.2) is 52.7 Å². The zero-order chi connectivity index (χ0) is 37.4. The smallest absolute Gasteiger partial charge is 0.321 e. The molecule has 0 saturated carbocycles. The van der Waals surface area contributed by atoms with Gasteiger partial charge in [0.15, 0.2) is 12.1 Å². The minimum Gasteiger partial charge on any atom is -0.468 e. The third-order valence-electron chi connectivity index (χ3n) is 11.3. The molecule has 10 nitrogen and oxygen atoms in total. The van der Waals surface area contributed by atoms with E-state index in [1.54, 1.807) is 6.08 Å². The van der Waals surface area contributed by atoms with Gasteiger partial charge in [-0.1, -0.05) is 53.2 Å². The maximum Gasteiger partial charge on any atom is 0.321 e. The van der Waals surface area contributed by atoms with E-state index >= 15 is 0 Å². The predicted molar refractivity (Wildman–Crippen MR) is 202 cm³/mol. The van der Waals surface area contributed by atoms with Crippen LogP contribution in [0.3, 0.4) is 0 Å². The number of Topliss-reactive ketones (excluding diaryl/α,β-unsaturated/α-hetero) is 1. The Bertz CT molecular complexity index is 2150. The van der Waals surface area contributed by atoms with E-state index in [2.05, 4.69) is 47.6 Å². The number of esters is 2. The summed E-state index contributed by atoms with van der Waals surface area (Å²) in [5.74, 6) is -2.29. The first-order valence-electron chi connectivity index (χ1n) is 18.4. The number of hydrogen-bond acceptors (Lipinski definition) is 7. The fourth-order valence-electron chi connectivity index (χ4n) is 8.30. The molecule has 3 aliphatic rings. The Morgan fingerprint density at radius 3 is 2.38 bits per heavy atom. The molecule has 1 aliphatic carbocycles. The molecule has 52 heavy (non-hydrogen) atoms. The van der Waals surface area contributed by atoms with Crippen molar-refractivity contribution in [2.45, 2.75) is 80.1 Å². The molecule has 1 fully saturated rings. The summed E-state index contributed by atoms with van der Waals surface area (Å²) in [5.41, 5.74) is 9.44. The van der Waals surface area contributed by atoms with Gasteiger partial charge < -0.3 is 29.7 Å². The summed E-state index contributed by atoms with van der Waals surface area (Å²) in [5, 5.41) is 5.05. The number of rotatable bonds is 12. The van der Waals surface area contributed by atoms with Gasteiger partial charge in [0, 0.05) is 74.3 Å². The average Bonchev–Trinajstić information content (AvgIpc) is 3.87. The molecule has 3 aromatic heterocycles. The SMILES string of the molecule is C=Cc1c2[nH]c(c1C)/C=C1\N/C(=C3\c4[nH]c(c(C)c4C(=O)[C@@H]3C(=O)OC)/C=c3\[nH]/c(c(C=O)c3CC)=C\2)[C@@H](CCC(=O)OCCC(C)CCC)[C@@H]1C. The summed E-state index contributed by atoms with van der Waals surface area (Å²) < 4.78 is 10.9. The lowest BCUT2D eigenvalue weighted by Crippen LogP contribution is -2.25. The molecule has 1 unspecified atom stereocenters. The van der Waals surface area contributed by atoms with Crippen LogP contribution in [0.4, 0.5) is 0 Å². The first kappa shape index (κ1) is 36.7. The van der Waals surface area contributed by atoms with Gasteiger partial charge in [0.2, 0.25) is 0 Å². The monoisotopic (exact) mass is 706 g/mol. The van der Waals surface area contributed by atoms with Crippen molar-refractivity contribution in [1.29, 1.82) is 0 Å². The molecule has 274 valence electrons. The second-order valence-corrected chi connectivity index (χ2v) is 14.4. The van der Waals surface area contributed by atoms with E-state index in [0.29, 0.717) is 70.1 Å². The van der Waals surface area contributed by atoms with E-state index < -0.39 is 11.9 Å². The van der Waals surface area contributed by atoms with Crippen LogP contribution in [0.2, 0.25) is 0 Å². The highest BCUT2D eigenvalue weighted by Gasteiger charge is 2.48. The number of aldehydes is 1. The summed E-state index contributed by atoms with van der Waals surface area (Å²) in [6.45, 7) is 16.8. The normalized spacial score (nSPS) is 23.1. The van der Waals surface area contributed by atoms with Gasteiger partial charge in [-0.3, -0.25) is 19.2 Å². The number of H-pyrrole nitrogens is 3. The third kappa shape index (κ3) is 6.33. The van der Waals surface area contributed by atoms with Gasteiger partial charge in [0.1, 0.15) is 5.92 Å². The average molecular weight is 707 g/mol. The van der Waals surface area contributed by atoms with Gasteiger partial charge in [-0.2, -0.15) is 0 Å². The second-order valence-electron chi connectivity index (χ2n) is 14.4. The molecule has 0 aromatic carbocycles. The fraction of sp³-hybridized carbons (Fsp3) is 0.429. The number of carbonyl (C=O) groups excluding carboxylic acids is 4. The van der Waals surface area contributed by atoms with Crippen LogP contribution in [0.5, 0.6) is 0 Å². The van der Waals surface area contributed by atoms with E-state index in [4.69, 9.17) is 9.47 Å². The molecule has 10 heteroatoms. The molecule has 4 N–H and O–H groups in total. The Hall–Kier alpha value is -5.12. The molecule has 0 spiro atoms. The van der Waals surface area contributed by atoms with Crippen molar-refractivity contribution >= 4 is 53.9 Å². The Morgan fingerprint density at radius 2 is 1.71 bits per heavy atom. The Balaban J connectivity index is 1.56. The minimum atomic E-state index is -1.17. The maximum atomic E-state index is 14.3.